The molecule has 0 atom stereocenters. The molecule has 0 unspecified atom stereocenters. The third-order valence-electron chi connectivity index (χ3n) is 5.84. The summed E-state index contributed by atoms with van der Waals surface area (Å²) >= 11 is 17.3. The first-order chi connectivity index (χ1) is 16.9. The molecule has 0 aliphatic heterocycles. The molecule has 0 amide bonds. The average Bonchev–Trinajstić information content (AvgIpc) is 3.24. The molecule has 1 aliphatic carbocycles. The molecule has 5 rings (SSSR count). The number of aromatic nitrogens is 2. The second-order valence-corrected chi connectivity index (χ2v) is 10.8. The minimum Gasteiger partial charge on any atom is -0.493 e. The first-order valence-electron chi connectivity index (χ1n) is 10.9. The zero-order valence-corrected chi connectivity index (χ0v) is 22.6. The Kier molecular flexibility index (Phi) is 7.16. The first-order valence-corrected chi connectivity index (χ1v) is 13.3. The van der Waals surface area contributed by atoms with Gasteiger partial charge in [0.05, 0.1) is 28.8 Å². The molecule has 0 spiro atoms. The fourth-order valence-electron chi connectivity index (χ4n) is 4.06. The molecule has 0 fully saturated rings. The van der Waals surface area contributed by atoms with E-state index in [9.17, 15) is 4.79 Å². The van der Waals surface area contributed by atoms with E-state index in [1.54, 1.807) is 48.9 Å². The molecule has 0 saturated carbocycles. The maximum atomic E-state index is 13.2. The lowest BCUT2D eigenvalue weighted by Crippen LogP contribution is -2.18. The van der Waals surface area contributed by atoms with Crippen molar-refractivity contribution in [1.29, 1.82) is 0 Å². The summed E-state index contributed by atoms with van der Waals surface area (Å²) in [5.74, 6) is 1.08. The van der Waals surface area contributed by atoms with Gasteiger partial charge in [-0.3, -0.25) is 4.79 Å². The lowest BCUT2D eigenvalue weighted by molar-refractivity contribution is 0.284. The molecule has 10 heteroatoms. The van der Waals surface area contributed by atoms with E-state index in [0.717, 1.165) is 51.7 Å². The van der Waals surface area contributed by atoms with Gasteiger partial charge in [-0.25, -0.2) is 4.98 Å². The molecule has 2 heterocycles. The van der Waals surface area contributed by atoms with Crippen LogP contribution in [0.15, 0.2) is 51.0 Å². The molecule has 6 nitrogen and oxygen atoms in total. The van der Waals surface area contributed by atoms with Gasteiger partial charge in [-0.2, -0.15) is 9.78 Å². The Hall–Kier alpha value is -2.39. The Bertz CT molecular complexity index is 1520. The van der Waals surface area contributed by atoms with Crippen molar-refractivity contribution in [2.24, 2.45) is 5.10 Å². The minimum absolute atomic E-state index is 0.143. The maximum Gasteiger partial charge on any atom is 0.282 e. The average molecular weight is 593 g/mol. The van der Waals surface area contributed by atoms with Crippen molar-refractivity contribution in [2.75, 3.05) is 7.11 Å². The summed E-state index contributed by atoms with van der Waals surface area (Å²) in [6.07, 6.45) is 7.28. The van der Waals surface area contributed by atoms with E-state index in [1.165, 1.54) is 15.9 Å². The molecule has 2 aromatic carbocycles. The van der Waals surface area contributed by atoms with Crippen molar-refractivity contribution in [3.05, 3.63) is 83.1 Å². The fraction of sp³-hybridized carbons (Fsp3) is 0.240. The minimum atomic E-state index is -0.143. The number of aryl methyl sites for hydroxylation is 2. The van der Waals surface area contributed by atoms with Gasteiger partial charge in [0.15, 0.2) is 11.5 Å². The quantitative estimate of drug-likeness (QED) is 0.229. The summed E-state index contributed by atoms with van der Waals surface area (Å²) in [7, 11) is 1.57. The molecular formula is C25H20BrCl2N3O3S. The Morgan fingerprint density at radius 3 is 2.80 bits per heavy atom. The van der Waals surface area contributed by atoms with E-state index >= 15 is 0 Å². The lowest BCUT2D eigenvalue weighted by atomic mass is 9.97. The number of hydrogen-bond acceptors (Lipinski definition) is 6. The number of fused-ring (bicyclic) bond motifs is 3. The summed E-state index contributed by atoms with van der Waals surface area (Å²) in [5.41, 5.74) is 2.60. The molecule has 2 aromatic heterocycles. The first kappa shape index (κ1) is 24.3. The van der Waals surface area contributed by atoms with Crippen LogP contribution in [0.25, 0.3) is 10.2 Å². The van der Waals surface area contributed by atoms with Gasteiger partial charge in [-0.15, -0.1) is 11.3 Å². The van der Waals surface area contributed by atoms with E-state index in [0.29, 0.717) is 33.5 Å². The van der Waals surface area contributed by atoms with Crippen molar-refractivity contribution in [2.45, 2.75) is 32.3 Å². The van der Waals surface area contributed by atoms with Crippen LogP contribution in [0, 0.1) is 0 Å². The summed E-state index contributed by atoms with van der Waals surface area (Å²) in [6.45, 7) is 0.291. The van der Waals surface area contributed by atoms with Gasteiger partial charge in [0.25, 0.3) is 5.56 Å². The van der Waals surface area contributed by atoms with Gasteiger partial charge >= 0.3 is 0 Å². The summed E-state index contributed by atoms with van der Waals surface area (Å²) < 4.78 is 13.5. The van der Waals surface area contributed by atoms with Crippen LogP contribution in [-0.2, 0) is 19.4 Å². The molecule has 0 bridgehead atoms. The number of methoxy groups -OCH3 is 1. The number of ether oxygens (including phenoxy) is 2. The number of rotatable bonds is 6. The van der Waals surface area contributed by atoms with E-state index in [1.807, 2.05) is 6.07 Å². The molecule has 4 aromatic rings. The molecule has 0 radical (unpaired) electrons. The number of thiophene rings is 1. The molecule has 0 saturated heterocycles. The van der Waals surface area contributed by atoms with Gasteiger partial charge in [-0.1, -0.05) is 29.3 Å². The third kappa shape index (κ3) is 4.98. The summed E-state index contributed by atoms with van der Waals surface area (Å²) in [6, 6.07) is 8.94. The van der Waals surface area contributed by atoms with E-state index in [4.69, 9.17) is 32.7 Å². The van der Waals surface area contributed by atoms with Crippen molar-refractivity contribution < 1.29 is 9.47 Å². The SMILES string of the molecule is COc1cc(/C=N\n2cnc3sc4c(c3c2=O)CCCC4)c(Br)cc1OCc1ccc(Cl)c(Cl)c1. The van der Waals surface area contributed by atoms with Crippen LogP contribution in [0.1, 0.15) is 34.4 Å². The van der Waals surface area contributed by atoms with Crippen LogP contribution in [0.5, 0.6) is 11.5 Å². The third-order valence-corrected chi connectivity index (χ3v) is 8.47. The summed E-state index contributed by atoms with van der Waals surface area (Å²) in [4.78, 5) is 19.7. The Balaban J connectivity index is 1.41. The number of benzene rings is 2. The van der Waals surface area contributed by atoms with Crippen LogP contribution < -0.4 is 15.0 Å². The predicted molar refractivity (Wildman–Crippen MR) is 145 cm³/mol. The molecule has 1 aliphatic rings. The molecule has 0 N–H and O–H groups in total. The van der Waals surface area contributed by atoms with Crippen LogP contribution in [0.2, 0.25) is 10.0 Å². The zero-order valence-electron chi connectivity index (χ0n) is 18.7. The largest absolute Gasteiger partial charge is 0.493 e. The van der Waals surface area contributed by atoms with Gasteiger partial charge in [-0.05, 0) is 77.0 Å². The number of nitrogens with zero attached hydrogens (tertiary/aromatic N) is 3. The van der Waals surface area contributed by atoms with Crippen LogP contribution in [0.4, 0.5) is 0 Å². The van der Waals surface area contributed by atoms with Gasteiger partial charge < -0.3 is 9.47 Å². The van der Waals surface area contributed by atoms with E-state index < -0.39 is 0 Å². The van der Waals surface area contributed by atoms with Gasteiger partial charge in [0.2, 0.25) is 0 Å². The Morgan fingerprint density at radius 1 is 1.17 bits per heavy atom. The zero-order chi connectivity index (χ0) is 24.5. The Labute approximate surface area is 224 Å². The summed E-state index contributed by atoms with van der Waals surface area (Å²) in [5, 5.41) is 6.06. The van der Waals surface area contributed by atoms with Crippen molar-refractivity contribution in [3.8, 4) is 11.5 Å². The second-order valence-electron chi connectivity index (χ2n) is 8.09. The van der Waals surface area contributed by atoms with Crippen molar-refractivity contribution >= 4 is 66.9 Å². The van der Waals surface area contributed by atoms with Crippen LogP contribution >= 0.6 is 50.5 Å². The lowest BCUT2D eigenvalue weighted by Gasteiger charge is -2.13. The van der Waals surface area contributed by atoms with Crippen LogP contribution in [-0.4, -0.2) is 23.0 Å². The highest BCUT2D eigenvalue weighted by Gasteiger charge is 2.20. The monoisotopic (exact) mass is 591 g/mol. The highest BCUT2D eigenvalue weighted by atomic mass is 79.9. The van der Waals surface area contributed by atoms with Gasteiger partial charge in [0.1, 0.15) is 17.8 Å². The molecule has 180 valence electrons. The highest BCUT2D eigenvalue weighted by molar-refractivity contribution is 9.10. The van der Waals surface area contributed by atoms with Crippen molar-refractivity contribution in [3.63, 3.8) is 0 Å². The number of halogens is 3. The smallest absolute Gasteiger partial charge is 0.282 e. The second kappa shape index (κ2) is 10.3. The van der Waals surface area contributed by atoms with Crippen molar-refractivity contribution in [1.82, 2.24) is 9.66 Å². The standard InChI is InChI=1S/C25H20BrCl2N3O3S/c1-33-20-9-15(17(26)10-21(20)34-12-14-6-7-18(27)19(28)8-14)11-30-31-13-29-24-23(25(31)32)16-4-2-3-5-22(16)35-24/h6-11,13H,2-5,12H2,1H3/b30-11-. The van der Waals surface area contributed by atoms with E-state index in [-0.39, 0.29) is 5.56 Å². The van der Waals surface area contributed by atoms with E-state index in [2.05, 4.69) is 26.0 Å². The Morgan fingerprint density at radius 2 is 2.00 bits per heavy atom. The van der Waals surface area contributed by atoms with Gasteiger partial charge in [0, 0.05) is 14.9 Å². The predicted octanol–water partition coefficient (Wildman–Crippen LogP) is 6.88. The molecular weight excluding hydrogens is 573 g/mol. The fourth-order valence-corrected chi connectivity index (χ4v) is 6.02. The number of hydrogen-bond donors (Lipinski definition) is 0. The normalized spacial score (nSPS) is 13.4. The highest BCUT2D eigenvalue weighted by Crippen LogP contribution is 2.35. The maximum absolute atomic E-state index is 13.2. The van der Waals surface area contributed by atoms with Crippen LogP contribution in [0.3, 0.4) is 0 Å². The molecule has 35 heavy (non-hydrogen) atoms. The topological polar surface area (TPSA) is 65.7 Å².